The SMILES string of the molecule is C1CC(CN2CCOCC2)CN1.Cl. The van der Waals surface area contributed by atoms with Crippen LogP contribution in [0.3, 0.4) is 0 Å². The highest BCUT2D eigenvalue weighted by Gasteiger charge is 2.19. The third kappa shape index (κ3) is 3.43. The number of rotatable bonds is 2. The van der Waals surface area contributed by atoms with Gasteiger partial charge < -0.3 is 10.1 Å². The summed E-state index contributed by atoms with van der Waals surface area (Å²) in [6.45, 7) is 7.84. The summed E-state index contributed by atoms with van der Waals surface area (Å²) in [5.41, 5.74) is 0. The first kappa shape index (κ1) is 11.2. The van der Waals surface area contributed by atoms with Crippen molar-refractivity contribution in [1.82, 2.24) is 10.2 Å². The maximum absolute atomic E-state index is 5.31. The lowest BCUT2D eigenvalue weighted by atomic mass is 10.1. The minimum atomic E-state index is 0. The van der Waals surface area contributed by atoms with Crippen LogP contribution in [-0.4, -0.2) is 50.8 Å². The molecule has 3 nitrogen and oxygen atoms in total. The van der Waals surface area contributed by atoms with Crippen molar-refractivity contribution in [3.8, 4) is 0 Å². The van der Waals surface area contributed by atoms with E-state index in [9.17, 15) is 0 Å². The Bertz CT molecular complexity index is 134. The maximum Gasteiger partial charge on any atom is 0.0594 e. The van der Waals surface area contributed by atoms with Crippen molar-refractivity contribution >= 4 is 12.4 Å². The lowest BCUT2D eigenvalue weighted by molar-refractivity contribution is 0.0319. The van der Waals surface area contributed by atoms with Gasteiger partial charge in [-0.3, -0.25) is 4.90 Å². The van der Waals surface area contributed by atoms with E-state index < -0.39 is 0 Å². The molecule has 2 rings (SSSR count). The van der Waals surface area contributed by atoms with Crippen LogP contribution in [0.1, 0.15) is 6.42 Å². The molecule has 13 heavy (non-hydrogen) atoms. The van der Waals surface area contributed by atoms with Crippen molar-refractivity contribution in [2.45, 2.75) is 6.42 Å². The van der Waals surface area contributed by atoms with Crippen molar-refractivity contribution in [1.29, 1.82) is 0 Å². The van der Waals surface area contributed by atoms with Crippen molar-refractivity contribution in [2.75, 3.05) is 45.9 Å². The molecule has 2 aliphatic rings. The third-order valence-corrected chi connectivity index (χ3v) is 2.78. The highest BCUT2D eigenvalue weighted by molar-refractivity contribution is 5.85. The number of halogens is 1. The second-order valence-electron chi connectivity index (χ2n) is 3.77. The van der Waals surface area contributed by atoms with Crippen LogP contribution >= 0.6 is 12.4 Å². The van der Waals surface area contributed by atoms with Crippen LogP contribution in [-0.2, 0) is 4.74 Å². The van der Waals surface area contributed by atoms with Crippen molar-refractivity contribution in [3.63, 3.8) is 0 Å². The van der Waals surface area contributed by atoms with Gasteiger partial charge in [-0.1, -0.05) is 0 Å². The Morgan fingerprint density at radius 2 is 2.08 bits per heavy atom. The lowest BCUT2D eigenvalue weighted by Crippen LogP contribution is -2.39. The summed E-state index contributed by atoms with van der Waals surface area (Å²) >= 11 is 0. The van der Waals surface area contributed by atoms with Crippen LogP contribution in [0.4, 0.5) is 0 Å². The topological polar surface area (TPSA) is 24.5 Å². The molecule has 0 saturated carbocycles. The molecule has 4 heteroatoms. The van der Waals surface area contributed by atoms with E-state index >= 15 is 0 Å². The average Bonchev–Trinajstić information content (AvgIpc) is 2.59. The zero-order chi connectivity index (χ0) is 8.23. The molecule has 1 N–H and O–H groups in total. The molecule has 2 aliphatic heterocycles. The molecule has 0 radical (unpaired) electrons. The molecule has 0 amide bonds. The first-order chi connectivity index (χ1) is 5.95. The fourth-order valence-corrected chi connectivity index (χ4v) is 2.02. The van der Waals surface area contributed by atoms with Gasteiger partial charge in [0.25, 0.3) is 0 Å². The molecule has 0 spiro atoms. The fraction of sp³-hybridized carbons (Fsp3) is 1.00. The largest absolute Gasteiger partial charge is 0.379 e. The molecule has 2 fully saturated rings. The first-order valence-electron chi connectivity index (χ1n) is 4.96. The fourth-order valence-electron chi connectivity index (χ4n) is 2.02. The third-order valence-electron chi connectivity index (χ3n) is 2.78. The van der Waals surface area contributed by atoms with Crippen LogP contribution in [0.25, 0.3) is 0 Å². The van der Waals surface area contributed by atoms with Gasteiger partial charge in [0.1, 0.15) is 0 Å². The van der Waals surface area contributed by atoms with Gasteiger partial charge >= 0.3 is 0 Å². The summed E-state index contributed by atoms with van der Waals surface area (Å²) in [5, 5.41) is 3.40. The minimum absolute atomic E-state index is 0. The van der Waals surface area contributed by atoms with E-state index in [0.717, 1.165) is 32.2 Å². The molecule has 0 aromatic carbocycles. The Morgan fingerprint density at radius 3 is 2.69 bits per heavy atom. The van der Waals surface area contributed by atoms with E-state index in [1.165, 1.54) is 26.1 Å². The van der Waals surface area contributed by atoms with Gasteiger partial charge in [0.2, 0.25) is 0 Å². The number of nitrogens with zero attached hydrogens (tertiary/aromatic N) is 1. The lowest BCUT2D eigenvalue weighted by Gasteiger charge is -2.28. The molecular formula is C9H19ClN2O. The Hall–Kier alpha value is 0.170. The van der Waals surface area contributed by atoms with Crippen LogP contribution < -0.4 is 5.32 Å². The molecule has 78 valence electrons. The van der Waals surface area contributed by atoms with Gasteiger partial charge in [-0.15, -0.1) is 12.4 Å². The minimum Gasteiger partial charge on any atom is -0.379 e. The van der Waals surface area contributed by atoms with Gasteiger partial charge in [0.15, 0.2) is 0 Å². The van der Waals surface area contributed by atoms with Crippen molar-refractivity contribution in [2.24, 2.45) is 5.92 Å². The average molecular weight is 207 g/mol. The molecule has 2 saturated heterocycles. The Morgan fingerprint density at radius 1 is 1.31 bits per heavy atom. The molecule has 1 atom stereocenters. The molecule has 2 heterocycles. The van der Waals surface area contributed by atoms with Gasteiger partial charge in [-0.05, 0) is 25.4 Å². The van der Waals surface area contributed by atoms with Gasteiger partial charge in [-0.2, -0.15) is 0 Å². The van der Waals surface area contributed by atoms with Crippen molar-refractivity contribution in [3.05, 3.63) is 0 Å². The normalized spacial score (nSPS) is 30.0. The molecule has 0 aromatic rings. The van der Waals surface area contributed by atoms with Crippen LogP contribution in [0.15, 0.2) is 0 Å². The van der Waals surface area contributed by atoms with Crippen LogP contribution in [0.5, 0.6) is 0 Å². The van der Waals surface area contributed by atoms with E-state index in [4.69, 9.17) is 4.74 Å². The molecule has 0 aliphatic carbocycles. The van der Waals surface area contributed by atoms with E-state index in [2.05, 4.69) is 10.2 Å². The number of hydrogen-bond acceptors (Lipinski definition) is 3. The monoisotopic (exact) mass is 206 g/mol. The van der Waals surface area contributed by atoms with Gasteiger partial charge in [0, 0.05) is 19.6 Å². The predicted octanol–water partition coefficient (Wildman–Crippen LogP) is 0.350. The second kappa shape index (κ2) is 5.81. The summed E-state index contributed by atoms with van der Waals surface area (Å²) in [6, 6.07) is 0. The quantitative estimate of drug-likeness (QED) is 0.706. The number of hydrogen-bond donors (Lipinski definition) is 1. The molecule has 1 unspecified atom stereocenters. The number of nitrogens with one attached hydrogen (secondary N) is 1. The number of ether oxygens (including phenoxy) is 1. The zero-order valence-corrected chi connectivity index (χ0v) is 8.81. The summed E-state index contributed by atoms with van der Waals surface area (Å²) in [5.74, 6) is 0.892. The molecule has 0 aromatic heterocycles. The van der Waals surface area contributed by atoms with Crippen molar-refractivity contribution < 1.29 is 4.74 Å². The highest BCUT2D eigenvalue weighted by Crippen LogP contribution is 2.10. The van der Waals surface area contributed by atoms with E-state index in [-0.39, 0.29) is 12.4 Å². The summed E-state index contributed by atoms with van der Waals surface area (Å²) in [4.78, 5) is 2.53. The van der Waals surface area contributed by atoms with Crippen LogP contribution in [0.2, 0.25) is 0 Å². The smallest absolute Gasteiger partial charge is 0.0594 e. The maximum atomic E-state index is 5.31. The van der Waals surface area contributed by atoms with E-state index in [1.807, 2.05) is 0 Å². The summed E-state index contributed by atoms with van der Waals surface area (Å²) < 4.78 is 5.31. The Balaban J connectivity index is 0.000000845. The van der Waals surface area contributed by atoms with E-state index in [1.54, 1.807) is 0 Å². The predicted molar refractivity (Wildman–Crippen MR) is 55.5 cm³/mol. The molecular weight excluding hydrogens is 188 g/mol. The Kier molecular flexibility index (Phi) is 5.02. The highest BCUT2D eigenvalue weighted by atomic mass is 35.5. The molecule has 0 bridgehead atoms. The first-order valence-corrected chi connectivity index (χ1v) is 4.96. The standard InChI is InChI=1S/C9H18N2O.ClH/c1-2-10-7-9(1)8-11-3-5-12-6-4-11;/h9-10H,1-8H2;1H. The van der Waals surface area contributed by atoms with E-state index in [0.29, 0.717) is 0 Å². The second-order valence-corrected chi connectivity index (χ2v) is 3.77. The van der Waals surface area contributed by atoms with Crippen LogP contribution in [0, 0.1) is 5.92 Å². The summed E-state index contributed by atoms with van der Waals surface area (Å²) in [6.07, 6.45) is 1.36. The Labute approximate surface area is 86.2 Å². The van der Waals surface area contributed by atoms with Gasteiger partial charge in [-0.25, -0.2) is 0 Å². The summed E-state index contributed by atoms with van der Waals surface area (Å²) in [7, 11) is 0. The zero-order valence-electron chi connectivity index (χ0n) is 8.00. The number of morpholine rings is 1. The van der Waals surface area contributed by atoms with Gasteiger partial charge in [0.05, 0.1) is 13.2 Å².